The van der Waals surface area contributed by atoms with E-state index in [0.29, 0.717) is 18.1 Å². The Morgan fingerprint density at radius 1 is 1.42 bits per heavy atom. The third-order valence-corrected chi connectivity index (χ3v) is 6.01. The van der Waals surface area contributed by atoms with E-state index >= 15 is 0 Å². The SMILES string of the molecule is CC(N)C(=O)N1CCC(C(C)(C)C(O)c2cc(Cl)cc3cn[nH]c23)CC1. The quantitative estimate of drug-likeness (QED) is 0.762. The fourth-order valence-electron chi connectivity index (χ4n) is 4.02. The maximum absolute atomic E-state index is 12.1. The normalized spacial score (nSPS) is 18.9. The van der Waals surface area contributed by atoms with E-state index < -0.39 is 12.1 Å². The molecule has 0 aliphatic carbocycles. The third-order valence-electron chi connectivity index (χ3n) is 5.79. The van der Waals surface area contributed by atoms with Gasteiger partial charge in [0.1, 0.15) is 0 Å². The van der Waals surface area contributed by atoms with Gasteiger partial charge in [0, 0.05) is 29.1 Å². The summed E-state index contributed by atoms with van der Waals surface area (Å²) < 4.78 is 0. The van der Waals surface area contributed by atoms with E-state index in [1.54, 1.807) is 13.1 Å². The van der Waals surface area contributed by atoms with Gasteiger partial charge in [-0.05, 0) is 43.2 Å². The number of aromatic amines is 1. The first-order chi connectivity index (χ1) is 12.2. The molecule has 0 spiro atoms. The van der Waals surface area contributed by atoms with Crippen molar-refractivity contribution in [2.75, 3.05) is 13.1 Å². The number of amides is 1. The molecule has 3 rings (SSSR count). The Bertz CT molecular complexity index is 794. The monoisotopic (exact) mass is 378 g/mol. The summed E-state index contributed by atoms with van der Waals surface area (Å²) in [6.45, 7) is 7.23. The largest absolute Gasteiger partial charge is 0.388 e. The molecule has 0 saturated carbocycles. The van der Waals surface area contributed by atoms with Crippen molar-refractivity contribution in [3.05, 3.63) is 28.9 Å². The standard InChI is InChI=1S/C19H27ClN4O2/c1-11(21)18(26)24-6-4-13(5-7-24)19(2,3)17(25)15-9-14(20)8-12-10-22-23-16(12)15/h8-11,13,17,25H,4-7,21H2,1-3H3,(H,22,23). The van der Waals surface area contributed by atoms with E-state index in [-0.39, 0.29) is 17.2 Å². The van der Waals surface area contributed by atoms with E-state index in [4.69, 9.17) is 17.3 Å². The Hall–Kier alpha value is -1.63. The first-order valence-electron chi connectivity index (χ1n) is 9.06. The molecule has 2 atom stereocenters. The second-order valence-electron chi connectivity index (χ2n) is 7.94. The van der Waals surface area contributed by atoms with Crippen LogP contribution in [-0.2, 0) is 4.79 Å². The van der Waals surface area contributed by atoms with Crippen LogP contribution >= 0.6 is 11.6 Å². The Morgan fingerprint density at radius 3 is 2.69 bits per heavy atom. The van der Waals surface area contributed by atoms with Crippen LogP contribution in [0.1, 0.15) is 45.3 Å². The van der Waals surface area contributed by atoms with Crippen molar-refractivity contribution >= 4 is 28.4 Å². The van der Waals surface area contributed by atoms with Gasteiger partial charge in [-0.3, -0.25) is 9.89 Å². The molecular weight excluding hydrogens is 352 g/mol. The molecule has 1 aromatic carbocycles. The highest BCUT2D eigenvalue weighted by Crippen LogP contribution is 2.46. The van der Waals surface area contributed by atoms with Crippen molar-refractivity contribution in [2.24, 2.45) is 17.1 Å². The number of carbonyl (C=O) groups is 1. The fourth-order valence-corrected chi connectivity index (χ4v) is 4.25. The predicted octanol–water partition coefficient (Wildman–Crippen LogP) is 2.86. The lowest BCUT2D eigenvalue weighted by Gasteiger charge is -2.43. The maximum Gasteiger partial charge on any atom is 0.239 e. The third kappa shape index (κ3) is 3.46. The molecule has 4 N–H and O–H groups in total. The van der Waals surface area contributed by atoms with E-state index in [1.807, 2.05) is 17.0 Å². The van der Waals surface area contributed by atoms with Crippen molar-refractivity contribution < 1.29 is 9.90 Å². The molecule has 2 heterocycles. The van der Waals surface area contributed by atoms with E-state index in [1.165, 1.54) is 0 Å². The first kappa shape index (κ1) is 19.1. The Morgan fingerprint density at radius 2 is 2.08 bits per heavy atom. The van der Waals surface area contributed by atoms with Crippen molar-refractivity contribution in [1.29, 1.82) is 0 Å². The minimum Gasteiger partial charge on any atom is -0.388 e. The zero-order valence-electron chi connectivity index (χ0n) is 15.5. The van der Waals surface area contributed by atoms with Gasteiger partial charge < -0.3 is 15.7 Å². The van der Waals surface area contributed by atoms with Crippen LogP contribution in [0.4, 0.5) is 0 Å². The summed E-state index contributed by atoms with van der Waals surface area (Å²) >= 11 is 6.24. The number of H-pyrrole nitrogens is 1. The number of hydrogen-bond acceptors (Lipinski definition) is 4. The Kier molecular flexibility index (Phi) is 5.28. The van der Waals surface area contributed by atoms with E-state index in [2.05, 4.69) is 24.0 Å². The molecule has 1 saturated heterocycles. The molecule has 0 radical (unpaired) electrons. The number of nitrogens with zero attached hydrogens (tertiary/aromatic N) is 2. The van der Waals surface area contributed by atoms with Crippen LogP contribution in [-0.4, -0.2) is 45.2 Å². The van der Waals surface area contributed by atoms with Crippen molar-refractivity contribution in [1.82, 2.24) is 15.1 Å². The molecule has 1 aromatic heterocycles. The molecule has 142 valence electrons. The molecule has 1 fully saturated rings. The summed E-state index contributed by atoms with van der Waals surface area (Å²) in [7, 11) is 0. The second kappa shape index (κ2) is 7.18. The van der Waals surface area contributed by atoms with Gasteiger partial charge in [-0.1, -0.05) is 25.4 Å². The number of rotatable bonds is 4. The highest BCUT2D eigenvalue weighted by Gasteiger charge is 2.40. The second-order valence-corrected chi connectivity index (χ2v) is 8.38. The first-order valence-corrected chi connectivity index (χ1v) is 9.44. The fraction of sp³-hybridized carbons (Fsp3) is 0.579. The number of aliphatic hydroxyl groups is 1. The Balaban J connectivity index is 1.79. The highest BCUT2D eigenvalue weighted by molar-refractivity contribution is 6.31. The number of nitrogens with one attached hydrogen (secondary N) is 1. The van der Waals surface area contributed by atoms with Gasteiger partial charge in [-0.15, -0.1) is 0 Å². The number of nitrogens with two attached hydrogens (primary N) is 1. The minimum atomic E-state index is -0.690. The molecule has 1 aliphatic rings. The molecule has 1 amide bonds. The van der Waals surface area contributed by atoms with Crippen LogP contribution in [0.15, 0.2) is 18.3 Å². The number of aromatic nitrogens is 2. The van der Waals surface area contributed by atoms with Crippen LogP contribution < -0.4 is 5.73 Å². The van der Waals surface area contributed by atoms with Gasteiger partial charge in [0.25, 0.3) is 0 Å². The molecule has 2 unspecified atom stereocenters. The zero-order valence-corrected chi connectivity index (χ0v) is 16.3. The number of likely N-dealkylation sites (tertiary alicyclic amines) is 1. The van der Waals surface area contributed by atoms with Crippen LogP contribution in [0, 0.1) is 11.3 Å². The molecular formula is C19H27ClN4O2. The average Bonchev–Trinajstić information content (AvgIpc) is 3.07. The van der Waals surface area contributed by atoms with Crippen LogP contribution in [0.25, 0.3) is 10.9 Å². The predicted molar refractivity (Wildman–Crippen MR) is 103 cm³/mol. The van der Waals surface area contributed by atoms with Gasteiger partial charge in [0.05, 0.1) is 23.9 Å². The molecule has 6 nitrogen and oxygen atoms in total. The molecule has 1 aliphatic heterocycles. The van der Waals surface area contributed by atoms with Gasteiger partial charge in [-0.2, -0.15) is 5.10 Å². The van der Waals surface area contributed by atoms with Crippen LogP contribution in [0.5, 0.6) is 0 Å². The summed E-state index contributed by atoms with van der Waals surface area (Å²) in [4.78, 5) is 13.9. The zero-order chi connectivity index (χ0) is 19.1. The van der Waals surface area contributed by atoms with Crippen LogP contribution in [0.2, 0.25) is 5.02 Å². The summed E-state index contributed by atoms with van der Waals surface area (Å²) in [6, 6.07) is 3.18. The van der Waals surface area contributed by atoms with Crippen molar-refractivity contribution in [2.45, 2.75) is 45.8 Å². The lowest BCUT2D eigenvalue weighted by molar-refractivity contribution is -0.134. The topological polar surface area (TPSA) is 95.2 Å². The number of fused-ring (bicyclic) bond motifs is 1. The number of benzene rings is 1. The lowest BCUT2D eigenvalue weighted by atomic mass is 9.68. The summed E-state index contributed by atoms with van der Waals surface area (Å²) in [5.74, 6) is 0.280. The Labute approximate surface area is 158 Å². The maximum atomic E-state index is 12.1. The van der Waals surface area contributed by atoms with Crippen molar-refractivity contribution in [3.63, 3.8) is 0 Å². The molecule has 26 heavy (non-hydrogen) atoms. The summed E-state index contributed by atoms with van der Waals surface area (Å²) in [5, 5.41) is 19.7. The van der Waals surface area contributed by atoms with Gasteiger partial charge in [0.2, 0.25) is 5.91 Å². The number of halogens is 1. The molecule has 2 aromatic rings. The van der Waals surface area contributed by atoms with E-state index in [9.17, 15) is 9.90 Å². The smallest absolute Gasteiger partial charge is 0.239 e. The number of piperidine rings is 1. The van der Waals surface area contributed by atoms with Gasteiger partial charge in [0.15, 0.2) is 0 Å². The minimum absolute atomic E-state index is 0.00388. The summed E-state index contributed by atoms with van der Waals surface area (Å²) in [6.07, 6.45) is 2.71. The van der Waals surface area contributed by atoms with Crippen molar-refractivity contribution in [3.8, 4) is 0 Å². The average molecular weight is 379 g/mol. The van der Waals surface area contributed by atoms with Crippen LogP contribution in [0.3, 0.4) is 0 Å². The van der Waals surface area contributed by atoms with Gasteiger partial charge in [-0.25, -0.2) is 0 Å². The number of carbonyl (C=O) groups excluding carboxylic acids is 1. The van der Waals surface area contributed by atoms with Gasteiger partial charge >= 0.3 is 0 Å². The lowest BCUT2D eigenvalue weighted by Crippen LogP contribution is -2.48. The highest BCUT2D eigenvalue weighted by atomic mass is 35.5. The molecule has 7 heteroatoms. The van der Waals surface area contributed by atoms with E-state index in [0.717, 1.165) is 29.3 Å². The molecule has 0 bridgehead atoms. The number of aliphatic hydroxyl groups excluding tert-OH is 1. The number of hydrogen-bond donors (Lipinski definition) is 3. The summed E-state index contributed by atoms with van der Waals surface area (Å²) in [5.41, 5.74) is 6.93.